The highest BCUT2D eigenvalue weighted by molar-refractivity contribution is 7.16. The summed E-state index contributed by atoms with van der Waals surface area (Å²) in [7, 11) is 0. The predicted octanol–water partition coefficient (Wildman–Crippen LogP) is 4.68. The van der Waals surface area contributed by atoms with Crippen molar-refractivity contribution in [3.05, 3.63) is 49.8 Å². The van der Waals surface area contributed by atoms with E-state index < -0.39 is 0 Å². The molecule has 25 heavy (non-hydrogen) atoms. The number of nitrogens with one attached hydrogen (secondary N) is 2. The number of anilines is 1. The van der Waals surface area contributed by atoms with E-state index in [-0.39, 0.29) is 12.1 Å². The molecule has 1 amide bonds. The van der Waals surface area contributed by atoms with Crippen LogP contribution in [-0.2, 0) is 13.0 Å². The summed E-state index contributed by atoms with van der Waals surface area (Å²) in [4.78, 5) is 16.5. The molecule has 3 heterocycles. The van der Waals surface area contributed by atoms with Gasteiger partial charge in [0.2, 0.25) is 0 Å². The lowest BCUT2D eigenvalue weighted by Crippen LogP contribution is -2.39. The van der Waals surface area contributed by atoms with Gasteiger partial charge >= 0.3 is 0 Å². The fourth-order valence-corrected chi connectivity index (χ4v) is 5.04. The summed E-state index contributed by atoms with van der Waals surface area (Å²) < 4.78 is 0. The van der Waals surface area contributed by atoms with Crippen LogP contribution in [0.2, 0.25) is 10.0 Å². The number of halogens is 2. The average Bonchev–Trinajstić information content (AvgIpc) is 2.95. The Kier molecular flexibility index (Phi) is 4.44. The molecule has 132 valence electrons. The zero-order valence-corrected chi connectivity index (χ0v) is 16.4. The molecule has 0 saturated carbocycles. The predicted molar refractivity (Wildman–Crippen MR) is 104 cm³/mol. The molecule has 1 atom stereocenters. The smallest absolute Gasteiger partial charge is 0.256 e. The maximum atomic E-state index is 12.8. The lowest BCUT2D eigenvalue weighted by Gasteiger charge is -2.31. The van der Waals surface area contributed by atoms with E-state index in [9.17, 15) is 4.79 Å². The van der Waals surface area contributed by atoms with Gasteiger partial charge in [-0.1, -0.05) is 29.3 Å². The lowest BCUT2D eigenvalue weighted by molar-refractivity contribution is 0.0934. The minimum atomic E-state index is -0.295. The number of carbonyl (C=O) groups excluding carboxylic acids is 1. The number of fused-ring (bicyclic) bond motifs is 3. The van der Waals surface area contributed by atoms with Gasteiger partial charge in [-0.25, -0.2) is 0 Å². The average molecular weight is 396 g/mol. The number of carbonyl (C=O) groups is 1. The van der Waals surface area contributed by atoms with E-state index in [0.29, 0.717) is 16.1 Å². The van der Waals surface area contributed by atoms with Crippen molar-refractivity contribution in [2.45, 2.75) is 39.0 Å². The minimum absolute atomic E-state index is 0.0136. The first-order valence-corrected chi connectivity index (χ1v) is 9.92. The Morgan fingerprint density at radius 3 is 2.76 bits per heavy atom. The first kappa shape index (κ1) is 17.2. The van der Waals surface area contributed by atoms with Crippen LogP contribution in [0.25, 0.3) is 0 Å². The van der Waals surface area contributed by atoms with Crippen LogP contribution in [0.5, 0.6) is 0 Å². The van der Waals surface area contributed by atoms with Crippen LogP contribution >= 0.6 is 34.5 Å². The molecule has 4 nitrogen and oxygen atoms in total. The van der Waals surface area contributed by atoms with Crippen LogP contribution in [0.4, 0.5) is 5.00 Å². The molecule has 1 unspecified atom stereocenters. The summed E-state index contributed by atoms with van der Waals surface area (Å²) in [6, 6.07) is 5.94. The summed E-state index contributed by atoms with van der Waals surface area (Å²) in [5.41, 5.74) is 2.91. The third-order valence-corrected chi connectivity index (χ3v) is 6.76. The van der Waals surface area contributed by atoms with Crippen LogP contribution in [0.3, 0.4) is 0 Å². The molecule has 0 aliphatic carbocycles. The van der Waals surface area contributed by atoms with Crippen molar-refractivity contribution in [2.24, 2.45) is 0 Å². The van der Waals surface area contributed by atoms with E-state index in [1.54, 1.807) is 23.5 Å². The Balaban J connectivity index is 1.65. The molecule has 1 aromatic carbocycles. The van der Waals surface area contributed by atoms with Crippen molar-refractivity contribution >= 4 is 45.4 Å². The summed E-state index contributed by atoms with van der Waals surface area (Å²) >= 11 is 13.8. The van der Waals surface area contributed by atoms with E-state index in [4.69, 9.17) is 23.2 Å². The number of rotatable bonds is 2. The number of thiophene rings is 1. The quantitative estimate of drug-likeness (QED) is 0.775. The number of hydrogen-bond acceptors (Lipinski definition) is 4. The molecule has 1 aromatic heterocycles. The number of amides is 1. The highest BCUT2D eigenvalue weighted by atomic mass is 35.5. The van der Waals surface area contributed by atoms with Gasteiger partial charge in [-0.05, 0) is 43.5 Å². The van der Waals surface area contributed by atoms with E-state index in [1.807, 2.05) is 6.07 Å². The van der Waals surface area contributed by atoms with Crippen molar-refractivity contribution in [1.82, 2.24) is 10.2 Å². The molecular formula is C18H19Cl2N3OS. The number of nitrogens with zero attached hydrogens (tertiary/aromatic N) is 1. The topological polar surface area (TPSA) is 44.4 Å². The second kappa shape index (κ2) is 6.47. The molecular weight excluding hydrogens is 377 g/mol. The van der Waals surface area contributed by atoms with Crippen molar-refractivity contribution in [1.29, 1.82) is 0 Å². The standard InChI is InChI=1S/C18H19Cl2N3OS/c1-9(2)23-6-5-11-14(8-23)25-18-15(11)17(24)21-16(22-18)10-3-4-12(19)13(20)7-10/h3-4,7,9,16,22H,5-6,8H2,1-2H3,(H,21,24). The molecule has 2 aliphatic rings. The highest BCUT2D eigenvalue weighted by Gasteiger charge is 2.33. The summed E-state index contributed by atoms with van der Waals surface area (Å²) in [5.74, 6) is -0.0136. The van der Waals surface area contributed by atoms with Crippen LogP contribution in [0.1, 0.15) is 46.4 Å². The Bertz CT molecular complexity index is 849. The van der Waals surface area contributed by atoms with Crippen molar-refractivity contribution < 1.29 is 4.79 Å². The van der Waals surface area contributed by atoms with Gasteiger partial charge in [-0.2, -0.15) is 0 Å². The van der Waals surface area contributed by atoms with Crippen LogP contribution < -0.4 is 10.6 Å². The number of benzene rings is 1. The molecule has 2 aromatic rings. The lowest BCUT2D eigenvalue weighted by atomic mass is 9.99. The monoisotopic (exact) mass is 395 g/mol. The van der Waals surface area contributed by atoms with Gasteiger partial charge in [0.05, 0.1) is 15.6 Å². The van der Waals surface area contributed by atoms with Gasteiger partial charge in [-0.3, -0.25) is 9.69 Å². The van der Waals surface area contributed by atoms with Gasteiger partial charge in [0.25, 0.3) is 5.91 Å². The molecule has 0 saturated heterocycles. The largest absolute Gasteiger partial charge is 0.353 e. The fraction of sp³-hybridized carbons (Fsp3) is 0.389. The molecule has 0 bridgehead atoms. The SMILES string of the molecule is CC(C)N1CCc2c(sc3c2C(=O)NC(c2ccc(Cl)c(Cl)c2)N3)C1. The van der Waals surface area contributed by atoms with E-state index in [1.165, 1.54) is 10.4 Å². The van der Waals surface area contributed by atoms with Crippen molar-refractivity contribution in [3.8, 4) is 0 Å². The highest BCUT2D eigenvalue weighted by Crippen LogP contribution is 2.41. The second-order valence-electron chi connectivity index (χ2n) is 6.75. The molecule has 7 heteroatoms. The maximum absolute atomic E-state index is 12.8. The first-order valence-electron chi connectivity index (χ1n) is 8.35. The van der Waals surface area contributed by atoms with Gasteiger partial charge in [0.1, 0.15) is 11.2 Å². The molecule has 0 spiro atoms. The zero-order valence-electron chi connectivity index (χ0n) is 14.0. The zero-order chi connectivity index (χ0) is 17.7. The normalized spacial score (nSPS) is 20.0. The third kappa shape index (κ3) is 3.04. The number of hydrogen-bond donors (Lipinski definition) is 2. The molecule has 0 fully saturated rings. The molecule has 2 N–H and O–H groups in total. The van der Waals surface area contributed by atoms with Gasteiger partial charge in [0, 0.05) is 24.0 Å². The van der Waals surface area contributed by atoms with Crippen LogP contribution in [-0.4, -0.2) is 23.4 Å². The van der Waals surface area contributed by atoms with Gasteiger partial charge in [-0.15, -0.1) is 11.3 Å². The van der Waals surface area contributed by atoms with E-state index in [0.717, 1.165) is 35.6 Å². The van der Waals surface area contributed by atoms with Gasteiger partial charge < -0.3 is 10.6 Å². The molecule has 2 aliphatic heterocycles. The Morgan fingerprint density at radius 2 is 2.04 bits per heavy atom. The van der Waals surface area contributed by atoms with Crippen LogP contribution in [0.15, 0.2) is 18.2 Å². The minimum Gasteiger partial charge on any atom is -0.353 e. The molecule has 0 radical (unpaired) electrons. The Morgan fingerprint density at radius 1 is 1.24 bits per heavy atom. The second-order valence-corrected chi connectivity index (χ2v) is 8.67. The van der Waals surface area contributed by atoms with E-state index in [2.05, 4.69) is 29.4 Å². The third-order valence-electron chi connectivity index (χ3n) is 4.87. The Hall–Kier alpha value is -1.27. The fourth-order valence-electron chi connectivity index (χ4n) is 3.43. The van der Waals surface area contributed by atoms with Gasteiger partial charge in [0.15, 0.2) is 0 Å². The molecule has 4 rings (SSSR count). The Labute approximate surface area is 161 Å². The van der Waals surface area contributed by atoms with Crippen molar-refractivity contribution in [2.75, 3.05) is 11.9 Å². The van der Waals surface area contributed by atoms with Crippen molar-refractivity contribution in [3.63, 3.8) is 0 Å². The van der Waals surface area contributed by atoms with Crippen LogP contribution in [0, 0.1) is 0 Å². The maximum Gasteiger partial charge on any atom is 0.256 e. The van der Waals surface area contributed by atoms with E-state index >= 15 is 0 Å². The summed E-state index contributed by atoms with van der Waals surface area (Å²) in [6.07, 6.45) is 0.627. The summed E-state index contributed by atoms with van der Waals surface area (Å²) in [6.45, 7) is 6.34. The summed E-state index contributed by atoms with van der Waals surface area (Å²) in [5, 5.41) is 8.45. The first-order chi connectivity index (χ1) is 11.9.